The van der Waals surface area contributed by atoms with Gasteiger partial charge in [0.1, 0.15) is 11.3 Å². The number of anilines is 1. The number of nitrogens with one attached hydrogen (secondary N) is 1. The zero-order chi connectivity index (χ0) is 22.6. The lowest BCUT2D eigenvalue weighted by Gasteiger charge is -2.32. The minimum absolute atomic E-state index is 0.0140. The molecule has 1 aromatic carbocycles. The first-order chi connectivity index (χ1) is 16.2. The molecule has 1 fully saturated rings. The van der Waals surface area contributed by atoms with E-state index in [1.54, 1.807) is 25.7 Å². The smallest absolute Gasteiger partial charge is 0.223 e. The summed E-state index contributed by atoms with van der Waals surface area (Å²) >= 11 is 0. The van der Waals surface area contributed by atoms with Gasteiger partial charge in [0.2, 0.25) is 5.91 Å². The summed E-state index contributed by atoms with van der Waals surface area (Å²) in [5.74, 6) is 1.82. The van der Waals surface area contributed by atoms with Gasteiger partial charge >= 0.3 is 0 Å². The fraction of sp³-hybridized carbons (Fsp3) is 0.280. The lowest BCUT2D eigenvalue weighted by atomic mass is 9.95. The highest BCUT2D eigenvalue weighted by molar-refractivity contribution is 5.79. The number of fused-ring (bicyclic) bond motifs is 1. The summed E-state index contributed by atoms with van der Waals surface area (Å²) in [6.45, 7) is 2.09. The van der Waals surface area contributed by atoms with Gasteiger partial charge in [0, 0.05) is 55.9 Å². The van der Waals surface area contributed by atoms with Crippen LogP contribution in [0.15, 0.2) is 67.3 Å². The maximum atomic E-state index is 12.7. The van der Waals surface area contributed by atoms with E-state index in [0.29, 0.717) is 6.54 Å². The standard InChI is InChI=1S/C25H26N6O2/c1-33-21-4-2-3-20(15-21)22-16-23-24(27-11-14-31(23)29-22)30-12-7-19(8-13-30)25(32)28-17-18-5-9-26-10-6-18/h2-6,9-11,14-16,19H,7-8,12-13,17H2,1H3,(H,28,32). The van der Waals surface area contributed by atoms with Crippen molar-refractivity contribution in [2.24, 2.45) is 5.92 Å². The molecule has 1 N–H and O–H groups in total. The number of pyridine rings is 1. The predicted octanol–water partition coefficient (Wildman–Crippen LogP) is 3.33. The predicted molar refractivity (Wildman–Crippen MR) is 126 cm³/mol. The van der Waals surface area contributed by atoms with Gasteiger partial charge in [0.05, 0.1) is 12.8 Å². The Hall–Kier alpha value is -3.94. The van der Waals surface area contributed by atoms with Gasteiger partial charge in [-0.1, -0.05) is 12.1 Å². The molecule has 0 aliphatic carbocycles. The monoisotopic (exact) mass is 442 g/mol. The highest BCUT2D eigenvalue weighted by Crippen LogP contribution is 2.29. The SMILES string of the molecule is COc1cccc(-c2cc3c(N4CCC(C(=O)NCc5ccncc5)CC4)nccn3n2)c1. The van der Waals surface area contributed by atoms with Crippen LogP contribution in [0.3, 0.4) is 0 Å². The molecule has 33 heavy (non-hydrogen) atoms. The Labute approximate surface area is 192 Å². The highest BCUT2D eigenvalue weighted by atomic mass is 16.5. The summed E-state index contributed by atoms with van der Waals surface area (Å²) in [5.41, 5.74) is 3.87. The number of amides is 1. The number of ether oxygens (including phenoxy) is 1. The first-order valence-electron chi connectivity index (χ1n) is 11.1. The van der Waals surface area contributed by atoms with Gasteiger partial charge in [-0.25, -0.2) is 9.50 Å². The van der Waals surface area contributed by atoms with Crippen LogP contribution in [0.1, 0.15) is 18.4 Å². The maximum absolute atomic E-state index is 12.7. The van der Waals surface area contributed by atoms with E-state index in [2.05, 4.69) is 26.3 Å². The van der Waals surface area contributed by atoms with Crippen LogP contribution in [-0.4, -0.2) is 45.7 Å². The Balaban J connectivity index is 1.27. The molecular formula is C25H26N6O2. The summed E-state index contributed by atoms with van der Waals surface area (Å²) in [6.07, 6.45) is 8.71. The van der Waals surface area contributed by atoms with Crippen molar-refractivity contribution in [3.05, 3.63) is 72.8 Å². The first kappa shape index (κ1) is 20.9. The minimum atomic E-state index is 0.0140. The van der Waals surface area contributed by atoms with E-state index in [0.717, 1.165) is 59.8 Å². The molecule has 0 atom stereocenters. The molecule has 8 heteroatoms. The Morgan fingerprint density at radius 3 is 2.73 bits per heavy atom. The molecule has 1 aliphatic heterocycles. The van der Waals surface area contributed by atoms with E-state index in [-0.39, 0.29) is 11.8 Å². The largest absolute Gasteiger partial charge is 0.497 e. The number of piperidine rings is 1. The first-order valence-corrected chi connectivity index (χ1v) is 11.1. The molecule has 3 aromatic heterocycles. The van der Waals surface area contributed by atoms with Crippen LogP contribution in [-0.2, 0) is 11.3 Å². The fourth-order valence-electron chi connectivity index (χ4n) is 4.26. The fourth-order valence-corrected chi connectivity index (χ4v) is 4.26. The van der Waals surface area contributed by atoms with Crippen LogP contribution in [0.2, 0.25) is 0 Å². The molecule has 4 heterocycles. The van der Waals surface area contributed by atoms with E-state index in [1.807, 2.05) is 47.1 Å². The number of rotatable bonds is 6. The second-order valence-electron chi connectivity index (χ2n) is 8.18. The molecule has 0 saturated carbocycles. The molecule has 168 valence electrons. The van der Waals surface area contributed by atoms with Crippen molar-refractivity contribution < 1.29 is 9.53 Å². The van der Waals surface area contributed by atoms with E-state index in [1.165, 1.54) is 0 Å². The lowest BCUT2D eigenvalue weighted by Crippen LogP contribution is -2.40. The quantitative estimate of drug-likeness (QED) is 0.493. The molecule has 0 unspecified atom stereocenters. The number of methoxy groups -OCH3 is 1. The van der Waals surface area contributed by atoms with Crippen LogP contribution in [0, 0.1) is 5.92 Å². The molecule has 5 rings (SSSR count). The Kier molecular flexibility index (Phi) is 5.89. The molecule has 8 nitrogen and oxygen atoms in total. The van der Waals surface area contributed by atoms with E-state index < -0.39 is 0 Å². The minimum Gasteiger partial charge on any atom is -0.497 e. The van der Waals surface area contributed by atoms with Crippen LogP contribution in [0.25, 0.3) is 16.8 Å². The van der Waals surface area contributed by atoms with Gasteiger partial charge in [-0.2, -0.15) is 5.10 Å². The Morgan fingerprint density at radius 2 is 1.94 bits per heavy atom. The van der Waals surface area contributed by atoms with E-state index in [9.17, 15) is 4.79 Å². The summed E-state index contributed by atoms with van der Waals surface area (Å²) < 4.78 is 7.22. The highest BCUT2D eigenvalue weighted by Gasteiger charge is 2.26. The maximum Gasteiger partial charge on any atom is 0.223 e. The average Bonchev–Trinajstić information content (AvgIpc) is 3.33. The number of nitrogens with zero attached hydrogens (tertiary/aromatic N) is 5. The number of carbonyl (C=O) groups is 1. The van der Waals surface area contributed by atoms with Crippen molar-refractivity contribution in [3.8, 4) is 17.0 Å². The third-order valence-electron chi connectivity index (χ3n) is 6.12. The molecule has 0 radical (unpaired) electrons. The number of aromatic nitrogens is 4. The third kappa shape index (κ3) is 4.50. The van der Waals surface area contributed by atoms with Crippen molar-refractivity contribution in [1.82, 2.24) is 24.9 Å². The second kappa shape index (κ2) is 9.28. The van der Waals surface area contributed by atoms with Crippen LogP contribution < -0.4 is 15.0 Å². The summed E-state index contributed by atoms with van der Waals surface area (Å²) in [6, 6.07) is 13.8. The van der Waals surface area contributed by atoms with Crippen molar-refractivity contribution >= 4 is 17.2 Å². The van der Waals surface area contributed by atoms with Crippen molar-refractivity contribution in [3.63, 3.8) is 0 Å². The number of benzene rings is 1. The zero-order valence-electron chi connectivity index (χ0n) is 18.5. The van der Waals surface area contributed by atoms with Crippen LogP contribution in [0.4, 0.5) is 5.82 Å². The van der Waals surface area contributed by atoms with Gasteiger partial charge in [-0.05, 0) is 48.7 Å². The van der Waals surface area contributed by atoms with Crippen LogP contribution in [0.5, 0.6) is 5.75 Å². The Bertz CT molecular complexity index is 1250. The molecule has 1 saturated heterocycles. The number of hydrogen-bond donors (Lipinski definition) is 1. The van der Waals surface area contributed by atoms with Crippen molar-refractivity contribution in [2.75, 3.05) is 25.1 Å². The summed E-state index contributed by atoms with van der Waals surface area (Å²) in [7, 11) is 1.66. The van der Waals surface area contributed by atoms with Gasteiger partial charge < -0.3 is 15.0 Å². The second-order valence-corrected chi connectivity index (χ2v) is 8.18. The summed E-state index contributed by atoms with van der Waals surface area (Å²) in [4.78, 5) is 23.6. The topological polar surface area (TPSA) is 84.6 Å². The van der Waals surface area contributed by atoms with Gasteiger partial charge in [-0.3, -0.25) is 9.78 Å². The zero-order valence-corrected chi connectivity index (χ0v) is 18.5. The average molecular weight is 443 g/mol. The van der Waals surface area contributed by atoms with Crippen molar-refractivity contribution in [2.45, 2.75) is 19.4 Å². The normalized spacial score (nSPS) is 14.4. The van der Waals surface area contributed by atoms with Gasteiger partial charge in [-0.15, -0.1) is 0 Å². The molecular weight excluding hydrogens is 416 g/mol. The Morgan fingerprint density at radius 1 is 1.12 bits per heavy atom. The molecule has 4 aromatic rings. The lowest BCUT2D eigenvalue weighted by molar-refractivity contribution is -0.125. The van der Waals surface area contributed by atoms with E-state index in [4.69, 9.17) is 9.84 Å². The van der Waals surface area contributed by atoms with Gasteiger partial charge in [0.15, 0.2) is 5.82 Å². The summed E-state index contributed by atoms with van der Waals surface area (Å²) in [5, 5.41) is 7.79. The van der Waals surface area contributed by atoms with Crippen molar-refractivity contribution in [1.29, 1.82) is 0 Å². The molecule has 1 amide bonds. The molecule has 0 spiro atoms. The number of carbonyl (C=O) groups excluding carboxylic acids is 1. The van der Waals surface area contributed by atoms with E-state index >= 15 is 0 Å². The number of hydrogen-bond acceptors (Lipinski definition) is 6. The third-order valence-corrected chi connectivity index (χ3v) is 6.12. The molecule has 1 aliphatic rings. The molecule has 0 bridgehead atoms. The van der Waals surface area contributed by atoms with Crippen LogP contribution >= 0.6 is 0 Å². The van der Waals surface area contributed by atoms with Gasteiger partial charge in [0.25, 0.3) is 0 Å².